The van der Waals surface area contributed by atoms with E-state index < -0.39 is 15.6 Å². The van der Waals surface area contributed by atoms with Gasteiger partial charge in [-0.2, -0.15) is 4.31 Å². The van der Waals surface area contributed by atoms with E-state index in [1.54, 1.807) is 15.3 Å². The summed E-state index contributed by atoms with van der Waals surface area (Å²) in [6.07, 6.45) is 6.09. The molecule has 1 atom stereocenters. The van der Waals surface area contributed by atoms with Crippen molar-refractivity contribution in [2.24, 2.45) is 0 Å². The minimum atomic E-state index is -3.25. The molecule has 2 saturated heterocycles. The van der Waals surface area contributed by atoms with Crippen molar-refractivity contribution in [3.05, 3.63) is 23.7 Å². The van der Waals surface area contributed by atoms with E-state index >= 15 is 0 Å². The van der Waals surface area contributed by atoms with Crippen molar-refractivity contribution in [3.63, 3.8) is 0 Å². The molecule has 122 valence electrons. The summed E-state index contributed by atoms with van der Waals surface area (Å²) in [5.41, 5.74) is 0.387. The van der Waals surface area contributed by atoms with Crippen LogP contribution in [0.4, 0.5) is 0 Å². The Hall–Kier alpha value is -1.34. The lowest BCUT2D eigenvalue weighted by Crippen LogP contribution is -2.58. The zero-order valence-corrected chi connectivity index (χ0v) is 13.9. The van der Waals surface area contributed by atoms with E-state index in [4.69, 9.17) is 4.42 Å². The van der Waals surface area contributed by atoms with Crippen LogP contribution in [-0.4, -0.2) is 55.0 Å². The number of sulfonamides is 1. The number of carbonyl (C=O) groups is 1. The first-order chi connectivity index (χ1) is 10.3. The average Bonchev–Trinajstić information content (AvgIpc) is 3.04. The minimum absolute atomic E-state index is 0.137. The summed E-state index contributed by atoms with van der Waals surface area (Å²) in [6, 6.07) is 1.77. The number of hydrogen-bond donors (Lipinski definition) is 0. The van der Waals surface area contributed by atoms with Crippen molar-refractivity contribution >= 4 is 15.9 Å². The molecule has 1 spiro atoms. The predicted octanol–water partition coefficient (Wildman–Crippen LogP) is 1.62. The largest absolute Gasteiger partial charge is 0.459 e. The highest BCUT2D eigenvalue weighted by atomic mass is 32.2. The molecule has 1 aromatic heterocycles. The first kappa shape index (κ1) is 15.6. The van der Waals surface area contributed by atoms with Crippen LogP contribution in [0.15, 0.2) is 16.7 Å². The molecule has 0 bridgehead atoms. The van der Waals surface area contributed by atoms with E-state index in [9.17, 15) is 13.2 Å². The number of amides is 1. The highest BCUT2D eigenvalue weighted by Crippen LogP contribution is 2.39. The van der Waals surface area contributed by atoms with Gasteiger partial charge in [-0.25, -0.2) is 8.42 Å². The van der Waals surface area contributed by atoms with Crippen molar-refractivity contribution < 1.29 is 17.6 Å². The zero-order valence-electron chi connectivity index (χ0n) is 13.0. The van der Waals surface area contributed by atoms with E-state index in [2.05, 4.69) is 0 Å². The van der Waals surface area contributed by atoms with Crippen LogP contribution in [0.3, 0.4) is 0 Å². The standard InChI is InChI=1S/C15H22N2O4S/c1-12-5-10-21-13(12)14(18)16-8-3-6-15(11-16)7-4-9-17(15)22(2,19)20/h5,10H,3-4,6-9,11H2,1-2H3. The van der Waals surface area contributed by atoms with Gasteiger partial charge in [0.05, 0.1) is 18.1 Å². The summed E-state index contributed by atoms with van der Waals surface area (Å²) in [7, 11) is -3.25. The third kappa shape index (κ3) is 2.56. The molecule has 2 aliphatic heterocycles. The highest BCUT2D eigenvalue weighted by molar-refractivity contribution is 7.88. The van der Waals surface area contributed by atoms with Gasteiger partial charge in [-0.15, -0.1) is 0 Å². The van der Waals surface area contributed by atoms with Gasteiger partial charge in [-0.3, -0.25) is 4.79 Å². The zero-order chi connectivity index (χ0) is 16.0. The molecule has 2 aliphatic rings. The Balaban J connectivity index is 1.85. The van der Waals surface area contributed by atoms with Gasteiger partial charge in [0.15, 0.2) is 5.76 Å². The summed E-state index contributed by atoms with van der Waals surface area (Å²) >= 11 is 0. The molecule has 7 heteroatoms. The summed E-state index contributed by atoms with van der Waals surface area (Å²) in [6.45, 7) is 3.51. The molecule has 0 saturated carbocycles. The van der Waals surface area contributed by atoms with Gasteiger partial charge in [-0.05, 0) is 38.7 Å². The van der Waals surface area contributed by atoms with Crippen LogP contribution in [0, 0.1) is 6.92 Å². The lowest BCUT2D eigenvalue weighted by molar-refractivity contribution is 0.0495. The van der Waals surface area contributed by atoms with Gasteiger partial charge in [0.25, 0.3) is 5.91 Å². The number of aryl methyl sites for hydroxylation is 1. The second kappa shape index (κ2) is 5.38. The molecule has 0 N–H and O–H groups in total. The molecule has 0 aliphatic carbocycles. The van der Waals surface area contributed by atoms with Gasteiger partial charge in [0.2, 0.25) is 10.0 Å². The fourth-order valence-corrected chi connectivity index (χ4v) is 5.26. The third-order valence-electron chi connectivity index (χ3n) is 4.83. The van der Waals surface area contributed by atoms with E-state index in [1.165, 1.54) is 12.5 Å². The number of carbonyl (C=O) groups excluding carboxylic acids is 1. The van der Waals surface area contributed by atoms with Crippen LogP contribution in [0.2, 0.25) is 0 Å². The second-order valence-electron chi connectivity index (χ2n) is 6.43. The molecular formula is C15H22N2O4S. The number of likely N-dealkylation sites (tertiary alicyclic amines) is 1. The lowest BCUT2D eigenvalue weighted by Gasteiger charge is -2.44. The van der Waals surface area contributed by atoms with Crippen LogP contribution in [0.25, 0.3) is 0 Å². The lowest BCUT2D eigenvalue weighted by atomic mass is 9.87. The van der Waals surface area contributed by atoms with Crippen molar-refractivity contribution in [2.75, 3.05) is 25.9 Å². The Labute approximate surface area is 131 Å². The molecule has 22 heavy (non-hydrogen) atoms. The maximum absolute atomic E-state index is 12.6. The maximum atomic E-state index is 12.6. The van der Waals surface area contributed by atoms with E-state index in [1.807, 2.05) is 6.92 Å². The molecule has 1 amide bonds. The van der Waals surface area contributed by atoms with Crippen LogP contribution in [0.1, 0.15) is 41.8 Å². The summed E-state index contributed by atoms with van der Waals surface area (Å²) in [5, 5.41) is 0. The van der Waals surface area contributed by atoms with Crippen LogP contribution in [0.5, 0.6) is 0 Å². The van der Waals surface area contributed by atoms with Crippen molar-refractivity contribution in [2.45, 2.75) is 38.1 Å². The number of nitrogens with zero attached hydrogens (tertiary/aromatic N) is 2. The first-order valence-corrected chi connectivity index (χ1v) is 9.49. The molecule has 3 rings (SSSR count). The van der Waals surface area contributed by atoms with Crippen LogP contribution >= 0.6 is 0 Å². The molecule has 0 aromatic carbocycles. The summed E-state index contributed by atoms with van der Waals surface area (Å²) in [4.78, 5) is 14.4. The number of hydrogen-bond acceptors (Lipinski definition) is 4. The van der Waals surface area contributed by atoms with E-state index in [-0.39, 0.29) is 5.91 Å². The van der Waals surface area contributed by atoms with E-state index in [0.29, 0.717) is 25.4 Å². The number of furan rings is 1. The number of piperidine rings is 1. The Kier molecular flexibility index (Phi) is 3.81. The molecule has 3 heterocycles. The number of rotatable bonds is 2. The van der Waals surface area contributed by atoms with Crippen LogP contribution in [-0.2, 0) is 10.0 Å². The van der Waals surface area contributed by atoms with Gasteiger partial charge < -0.3 is 9.32 Å². The van der Waals surface area contributed by atoms with Gasteiger partial charge in [-0.1, -0.05) is 0 Å². The average molecular weight is 326 g/mol. The molecule has 6 nitrogen and oxygen atoms in total. The fourth-order valence-electron chi connectivity index (χ4n) is 3.86. The van der Waals surface area contributed by atoms with Gasteiger partial charge >= 0.3 is 0 Å². The molecule has 1 aromatic rings. The van der Waals surface area contributed by atoms with Gasteiger partial charge in [0, 0.05) is 25.2 Å². The summed E-state index contributed by atoms with van der Waals surface area (Å²) < 4.78 is 31.0. The van der Waals surface area contributed by atoms with Crippen molar-refractivity contribution in [1.29, 1.82) is 0 Å². The first-order valence-electron chi connectivity index (χ1n) is 7.65. The Morgan fingerprint density at radius 2 is 1.95 bits per heavy atom. The minimum Gasteiger partial charge on any atom is -0.459 e. The monoisotopic (exact) mass is 326 g/mol. The Bertz CT molecular complexity index is 681. The topological polar surface area (TPSA) is 70.8 Å². The second-order valence-corrected chi connectivity index (χ2v) is 8.33. The predicted molar refractivity (Wildman–Crippen MR) is 82.1 cm³/mol. The van der Waals surface area contributed by atoms with Crippen molar-refractivity contribution in [3.8, 4) is 0 Å². The smallest absolute Gasteiger partial charge is 0.289 e. The quantitative estimate of drug-likeness (QED) is 0.828. The Morgan fingerprint density at radius 3 is 2.55 bits per heavy atom. The van der Waals surface area contributed by atoms with Crippen molar-refractivity contribution in [1.82, 2.24) is 9.21 Å². The third-order valence-corrected chi connectivity index (χ3v) is 6.20. The normalized spacial score (nSPS) is 26.7. The SMILES string of the molecule is Cc1ccoc1C(=O)N1CCCC2(CCCN2S(C)(=O)=O)C1. The molecule has 0 radical (unpaired) electrons. The fraction of sp³-hybridized carbons (Fsp3) is 0.667. The van der Waals surface area contributed by atoms with Crippen LogP contribution < -0.4 is 0 Å². The van der Waals surface area contributed by atoms with Gasteiger partial charge in [0.1, 0.15) is 0 Å². The molecule has 2 fully saturated rings. The van der Waals surface area contributed by atoms with E-state index in [0.717, 1.165) is 31.2 Å². The maximum Gasteiger partial charge on any atom is 0.289 e. The molecular weight excluding hydrogens is 304 g/mol. The molecule has 1 unspecified atom stereocenters. The Morgan fingerprint density at radius 1 is 1.27 bits per heavy atom. The summed E-state index contributed by atoms with van der Waals surface area (Å²) in [5.74, 6) is 0.225. The highest BCUT2D eigenvalue weighted by Gasteiger charge is 2.48.